The first-order valence-corrected chi connectivity index (χ1v) is 7.41. The van der Waals surface area contributed by atoms with Crippen LogP contribution in [-0.2, 0) is 6.54 Å². The van der Waals surface area contributed by atoms with Crippen molar-refractivity contribution in [1.29, 1.82) is 0 Å². The average Bonchev–Trinajstić information content (AvgIpc) is 2.45. The van der Waals surface area contributed by atoms with Crippen molar-refractivity contribution in [3.05, 3.63) is 59.4 Å². The van der Waals surface area contributed by atoms with Crippen LogP contribution in [0.2, 0.25) is 0 Å². The summed E-state index contributed by atoms with van der Waals surface area (Å²) in [6.45, 7) is 8.78. The maximum Gasteiger partial charge on any atom is 0.270 e. The number of nitrogens with zero attached hydrogens (tertiary/aromatic N) is 1. The molecule has 0 unspecified atom stereocenters. The number of benzene rings is 1. The molecule has 2 rings (SSSR count). The van der Waals surface area contributed by atoms with Crippen molar-refractivity contribution in [1.82, 2.24) is 10.3 Å². The number of rotatable bonds is 4. The Morgan fingerprint density at radius 1 is 1.09 bits per heavy atom. The van der Waals surface area contributed by atoms with Crippen LogP contribution in [0, 0.1) is 6.92 Å². The second-order valence-corrected chi connectivity index (χ2v) is 6.48. The molecule has 0 saturated carbocycles. The fraction of sp³-hybridized carbons (Fsp3) is 0.333. The number of nitrogens with one attached hydrogen (secondary N) is 2. The molecule has 1 aromatic carbocycles. The van der Waals surface area contributed by atoms with E-state index in [9.17, 15) is 4.79 Å². The van der Waals surface area contributed by atoms with Gasteiger partial charge in [0.1, 0.15) is 5.69 Å². The quantitative estimate of drug-likeness (QED) is 0.907. The molecule has 2 aromatic rings. The third-order valence-electron chi connectivity index (χ3n) is 3.09. The highest BCUT2D eigenvalue weighted by Crippen LogP contribution is 2.13. The number of aromatic nitrogens is 1. The van der Waals surface area contributed by atoms with Gasteiger partial charge in [0.05, 0.1) is 11.9 Å². The number of aryl methyl sites for hydroxylation is 1. The number of carbonyl (C=O) groups is 1. The molecule has 0 fully saturated rings. The number of anilines is 1. The predicted octanol–water partition coefficient (Wildman–Crippen LogP) is 3.53. The van der Waals surface area contributed by atoms with Crippen LogP contribution in [0.1, 0.15) is 42.4 Å². The lowest BCUT2D eigenvalue weighted by Crippen LogP contribution is -2.26. The first kappa shape index (κ1) is 16.0. The largest absolute Gasteiger partial charge is 0.379 e. The fourth-order valence-corrected chi connectivity index (χ4v) is 2.01. The van der Waals surface area contributed by atoms with Gasteiger partial charge in [-0.1, -0.05) is 29.8 Å². The summed E-state index contributed by atoms with van der Waals surface area (Å²) in [6, 6.07) is 11.7. The molecule has 0 aliphatic rings. The van der Waals surface area contributed by atoms with Crippen LogP contribution in [0.4, 0.5) is 5.69 Å². The van der Waals surface area contributed by atoms with Gasteiger partial charge < -0.3 is 10.6 Å². The Labute approximate surface area is 132 Å². The number of carbonyl (C=O) groups excluding carboxylic acids is 1. The second kappa shape index (κ2) is 6.60. The number of hydrogen-bond donors (Lipinski definition) is 2. The molecule has 22 heavy (non-hydrogen) atoms. The third-order valence-corrected chi connectivity index (χ3v) is 3.09. The zero-order chi connectivity index (χ0) is 16.2. The maximum atomic E-state index is 12.1. The number of hydrogen-bond acceptors (Lipinski definition) is 3. The Morgan fingerprint density at radius 2 is 1.77 bits per heavy atom. The van der Waals surface area contributed by atoms with Crippen molar-refractivity contribution in [2.45, 2.75) is 39.8 Å². The standard InChI is InChI=1S/C18H23N3O/c1-13-5-7-14(8-6-13)11-20-17(22)16-10-9-15(12-19-16)21-18(2,3)4/h5-10,12,21H,11H2,1-4H3,(H,20,22). The van der Waals surface area contributed by atoms with E-state index >= 15 is 0 Å². The highest BCUT2D eigenvalue weighted by atomic mass is 16.1. The lowest BCUT2D eigenvalue weighted by molar-refractivity contribution is 0.0946. The molecular formula is C18H23N3O. The van der Waals surface area contributed by atoms with Crippen molar-refractivity contribution >= 4 is 11.6 Å². The lowest BCUT2D eigenvalue weighted by Gasteiger charge is -2.21. The summed E-state index contributed by atoms with van der Waals surface area (Å²) in [6.07, 6.45) is 1.69. The molecule has 0 bridgehead atoms. The first-order chi connectivity index (χ1) is 10.3. The summed E-state index contributed by atoms with van der Waals surface area (Å²) in [5.74, 6) is -0.164. The maximum absolute atomic E-state index is 12.1. The number of pyridine rings is 1. The van der Waals surface area contributed by atoms with Gasteiger partial charge >= 0.3 is 0 Å². The molecule has 2 N–H and O–H groups in total. The Balaban J connectivity index is 1.93. The van der Waals surface area contributed by atoms with Crippen LogP contribution < -0.4 is 10.6 Å². The Hall–Kier alpha value is -2.36. The minimum Gasteiger partial charge on any atom is -0.379 e. The molecule has 4 heteroatoms. The van der Waals surface area contributed by atoms with Crippen LogP contribution in [0.15, 0.2) is 42.6 Å². The summed E-state index contributed by atoms with van der Waals surface area (Å²) < 4.78 is 0. The van der Waals surface area contributed by atoms with Crippen molar-refractivity contribution < 1.29 is 4.79 Å². The molecule has 0 atom stereocenters. The molecule has 0 aliphatic heterocycles. The Kier molecular flexibility index (Phi) is 4.81. The summed E-state index contributed by atoms with van der Waals surface area (Å²) in [5, 5.41) is 6.20. The highest BCUT2D eigenvalue weighted by molar-refractivity contribution is 5.92. The van der Waals surface area contributed by atoms with Gasteiger partial charge in [0, 0.05) is 12.1 Å². The fourth-order valence-electron chi connectivity index (χ4n) is 2.01. The van der Waals surface area contributed by atoms with Crippen molar-refractivity contribution in [2.75, 3.05) is 5.32 Å². The molecule has 1 heterocycles. The van der Waals surface area contributed by atoms with Crippen molar-refractivity contribution in [3.63, 3.8) is 0 Å². The average molecular weight is 297 g/mol. The molecular weight excluding hydrogens is 274 g/mol. The minimum absolute atomic E-state index is 0.0309. The van der Waals surface area contributed by atoms with E-state index in [2.05, 4.69) is 36.4 Å². The summed E-state index contributed by atoms with van der Waals surface area (Å²) in [5.41, 5.74) is 3.58. The monoisotopic (exact) mass is 297 g/mol. The van der Waals surface area contributed by atoms with Crippen LogP contribution in [-0.4, -0.2) is 16.4 Å². The summed E-state index contributed by atoms with van der Waals surface area (Å²) >= 11 is 0. The molecule has 0 radical (unpaired) electrons. The van der Waals surface area contributed by atoms with E-state index in [1.807, 2.05) is 37.3 Å². The zero-order valence-corrected chi connectivity index (χ0v) is 13.6. The van der Waals surface area contributed by atoms with Crippen LogP contribution >= 0.6 is 0 Å². The SMILES string of the molecule is Cc1ccc(CNC(=O)c2ccc(NC(C)(C)C)cn2)cc1. The van der Waals surface area contributed by atoms with Crippen LogP contribution in [0.5, 0.6) is 0 Å². The van der Waals surface area contributed by atoms with E-state index in [-0.39, 0.29) is 11.4 Å². The Bertz CT molecular complexity index is 625. The number of amides is 1. The van der Waals surface area contributed by atoms with Crippen LogP contribution in [0.3, 0.4) is 0 Å². The molecule has 4 nitrogen and oxygen atoms in total. The Morgan fingerprint density at radius 3 is 2.32 bits per heavy atom. The molecule has 0 aliphatic carbocycles. The third kappa shape index (κ3) is 4.88. The summed E-state index contributed by atoms with van der Waals surface area (Å²) in [4.78, 5) is 16.3. The molecule has 116 valence electrons. The van der Waals surface area contributed by atoms with Gasteiger partial charge in [-0.2, -0.15) is 0 Å². The molecule has 1 aromatic heterocycles. The van der Waals surface area contributed by atoms with Gasteiger partial charge in [-0.25, -0.2) is 4.98 Å². The summed E-state index contributed by atoms with van der Waals surface area (Å²) in [7, 11) is 0. The van der Waals surface area contributed by atoms with E-state index in [0.717, 1.165) is 11.3 Å². The van der Waals surface area contributed by atoms with Crippen LogP contribution in [0.25, 0.3) is 0 Å². The van der Waals surface area contributed by atoms with Gasteiger partial charge in [0.25, 0.3) is 5.91 Å². The lowest BCUT2D eigenvalue weighted by atomic mass is 10.1. The molecule has 0 saturated heterocycles. The predicted molar refractivity (Wildman–Crippen MR) is 90.0 cm³/mol. The van der Waals surface area contributed by atoms with Gasteiger partial charge in [0.15, 0.2) is 0 Å². The van der Waals surface area contributed by atoms with E-state index in [0.29, 0.717) is 12.2 Å². The van der Waals surface area contributed by atoms with E-state index in [1.165, 1.54) is 5.56 Å². The van der Waals surface area contributed by atoms with Crippen molar-refractivity contribution in [3.8, 4) is 0 Å². The van der Waals surface area contributed by atoms with Gasteiger partial charge in [-0.3, -0.25) is 4.79 Å². The molecule has 1 amide bonds. The van der Waals surface area contributed by atoms with E-state index < -0.39 is 0 Å². The molecule has 0 spiro atoms. The normalized spacial score (nSPS) is 11.1. The van der Waals surface area contributed by atoms with Gasteiger partial charge in [0.2, 0.25) is 0 Å². The smallest absolute Gasteiger partial charge is 0.270 e. The zero-order valence-electron chi connectivity index (χ0n) is 13.6. The highest BCUT2D eigenvalue weighted by Gasteiger charge is 2.11. The van der Waals surface area contributed by atoms with Gasteiger partial charge in [-0.05, 0) is 45.4 Å². The topological polar surface area (TPSA) is 54.0 Å². The second-order valence-electron chi connectivity index (χ2n) is 6.48. The minimum atomic E-state index is -0.164. The van der Waals surface area contributed by atoms with Gasteiger partial charge in [-0.15, -0.1) is 0 Å². The van der Waals surface area contributed by atoms with E-state index in [4.69, 9.17) is 0 Å². The van der Waals surface area contributed by atoms with E-state index in [1.54, 1.807) is 12.3 Å². The first-order valence-electron chi connectivity index (χ1n) is 7.41. The van der Waals surface area contributed by atoms with Crippen molar-refractivity contribution in [2.24, 2.45) is 0 Å².